The molecule has 0 aliphatic heterocycles. The Balaban J connectivity index is 1.63. The Hall–Kier alpha value is -1.60. The monoisotopic (exact) mass is 411 g/mol. The number of allylic oxidation sites excluding steroid dienone is 2. The number of nitrogens with zero attached hydrogens (tertiary/aromatic N) is 1. The molecule has 0 saturated heterocycles. The molecule has 164 valence electrons. The van der Waals surface area contributed by atoms with Gasteiger partial charge in [0.05, 0.1) is 12.7 Å². The average molecular weight is 412 g/mol. The predicted molar refractivity (Wildman–Crippen MR) is 116 cm³/mol. The van der Waals surface area contributed by atoms with Gasteiger partial charge in [0.1, 0.15) is 11.6 Å². The summed E-state index contributed by atoms with van der Waals surface area (Å²) in [6.07, 6.45) is 10.9. The minimum Gasteiger partial charge on any atom is -0.462 e. The molecule has 4 aliphatic rings. The number of ether oxygens (including phenoxy) is 1. The zero-order valence-electron chi connectivity index (χ0n) is 19.0. The van der Waals surface area contributed by atoms with Crippen molar-refractivity contribution in [2.24, 2.45) is 34.5 Å². The lowest BCUT2D eigenvalue weighted by molar-refractivity contribution is -0.138. The number of fused-ring (bicyclic) bond motifs is 5. The van der Waals surface area contributed by atoms with Crippen molar-refractivity contribution in [2.45, 2.75) is 85.2 Å². The molecule has 0 heterocycles. The van der Waals surface area contributed by atoms with Crippen LogP contribution in [0.4, 0.5) is 0 Å². The van der Waals surface area contributed by atoms with E-state index in [1.807, 2.05) is 6.92 Å². The Labute approximate surface area is 181 Å². The first-order valence-electron chi connectivity index (χ1n) is 11.9. The summed E-state index contributed by atoms with van der Waals surface area (Å²) in [6, 6.07) is 2.15. The number of aliphatic hydroxyl groups excluding tert-OH is 1. The van der Waals surface area contributed by atoms with E-state index in [4.69, 9.17) is 4.74 Å². The van der Waals surface area contributed by atoms with Crippen molar-refractivity contribution < 1.29 is 14.6 Å². The quantitative estimate of drug-likeness (QED) is 0.295. The number of nitriles is 1. The largest absolute Gasteiger partial charge is 0.462 e. The van der Waals surface area contributed by atoms with Crippen LogP contribution < -0.4 is 0 Å². The fraction of sp³-hybridized carbons (Fsp3) is 0.769. The highest BCUT2D eigenvalue weighted by Crippen LogP contribution is 2.67. The fourth-order valence-electron chi connectivity index (χ4n) is 8.03. The Morgan fingerprint density at radius 3 is 2.70 bits per heavy atom. The Morgan fingerprint density at radius 2 is 2.00 bits per heavy atom. The Kier molecular flexibility index (Phi) is 5.64. The van der Waals surface area contributed by atoms with E-state index in [1.54, 1.807) is 6.92 Å². The summed E-state index contributed by atoms with van der Waals surface area (Å²) in [5.74, 6) is 1.84. The average Bonchev–Trinajstić information content (AvgIpc) is 3.06. The van der Waals surface area contributed by atoms with Crippen molar-refractivity contribution in [3.8, 4) is 6.07 Å². The predicted octanol–water partition coefficient (Wildman–Crippen LogP) is 5.33. The minimum absolute atomic E-state index is 0.149. The molecule has 4 nitrogen and oxygen atoms in total. The van der Waals surface area contributed by atoms with Crippen molar-refractivity contribution in [2.75, 3.05) is 6.61 Å². The molecular formula is C26H37NO3. The van der Waals surface area contributed by atoms with E-state index in [2.05, 4.69) is 26.0 Å². The van der Waals surface area contributed by atoms with Crippen LogP contribution in [0.25, 0.3) is 0 Å². The molecule has 0 spiro atoms. The molecular weight excluding hydrogens is 374 g/mol. The summed E-state index contributed by atoms with van der Waals surface area (Å²) in [4.78, 5) is 12.4. The fourth-order valence-corrected chi connectivity index (χ4v) is 8.03. The first-order chi connectivity index (χ1) is 14.3. The number of hydrogen-bond donors (Lipinski definition) is 1. The SMILES string of the molecule is CCOC(=O)/C(C#N)=C(\C)[C@H]1CC[C@H]2[C@@H]3CC=C4C[C@@H](O)CC[C@]4(C)[C@H]3CC[C@]12C. The van der Waals surface area contributed by atoms with Gasteiger partial charge in [-0.1, -0.05) is 25.5 Å². The third-order valence-corrected chi connectivity index (χ3v) is 9.59. The van der Waals surface area contributed by atoms with Crippen molar-refractivity contribution in [3.05, 3.63) is 22.8 Å². The molecule has 4 heteroatoms. The molecule has 1 N–H and O–H groups in total. The van der Waals surface area contributed by atoms with Crippen LogP contribution in [0.5, 0.6) is 0 Å². The summed E-state index contributed by atoms with van der Waals surface area (Å²) in [5.41, 5.74) is 3.07. The second-order valence-corrected chi connectivity index (χ2v) is 10.7. The van der Waals surface area contributed by atoms with Crippen LogP contribution in [-0.2, 0) is 9.53 Å². The molecule has 3 saturated carbocycles. The van der Waals surface area contributed by atoms with Crippen molar-refractivity contribution in [1.82, 2.24) is 0 Å². The molecule has 0 unspecified atom stereocenters. The summed E-state index contributed by atoms with van der Waals surface area (Å²) in [5, 5.41) is 19.9. The van der Waals surface area contributed by atoms with Gasteiger partial charge in [0.25, 0.3) is 0 Å². The van der Waals surface area contributed by atoms with Crippen molar-refractivity contribution in [3.63, 3.8) is 0 Å². The molecule has 4 rings (SSSR count). The van der Waals surface area contributed by atoms with E-state index in [9.17, 15) is 15.2 Å². The number of esters is 1. The topological polar surface area (TPSA) is 70.3 Å². The number of rotatable bonds is 3. The van der Waals surface area contributed by atoms with E-state index in [0.29, 0.717) is 24.4 Å². The van der Waals surface area contributed by atoms with Gasteiger partial charge in [-0.15, -0.1) is 0 Å². The molecule has 0 radical (unpaired) electrons. The molecule has 4 aliphatic carbocycles. The lowest BCUT2D eigenvalue weighted by atomic mass is 9.47. The highest BCUT2D eigenvalue weighted by Gasteiger charge is 2.59. The molecule has 7 atom stereocenters. The minimum atomic E-state index is -0.461. The van der Waals surface area contributed by atoms with Gasteiger partial charge in [0, 0.05) is 0 Å². The van der Waals surface area contributed by atoms with Crippen LogP contribution in [0.15, 0.2) is 22.8 Å². The molecule has 3 fully saturated rings. The maximum Gasteiger partial charge on any atom is 0.348 e. The van der Waals surface area contributed by atoms with Gasteiger partial charge in [0.15, 0.2) is 0 Å². The van der Waals surface area contributed by atoms with E-state index in [-0.39, 0.29) is 28.4 Å². The highest BCUT2D eigenvalue weighted by atomic mass is 16.5. The van der Waals surface area contributed by atoms with Crippen LogP contribution in [0.2, 0.25) is 0 Å². The molecule has 0 aromatic rings. The lowest BCUT2D eigenvalue weighted by Crippen LogP contribution is -2.50. The maximum absolute atomic E-state index is 12.4. The van der Waals surface area contributed by atoms with E-state index in [1.165, 1.54) is 18.4 Å². The van der Waals surface area contributed by atoms with Crippen LogP contribution in [0, 0.1) is 45.8 Å². The van der Waals surface area contributed by atoms with E-state index >= 15 is 0 Å². The van der Waals surface area contributed by atoms with Gasteiger partial charge in [-0.25, -0.2) is 4.79 Å². The second-order valence-electron chi connectivity index (χ2n) is 10.7. The third kappa shape index (κ3) is 3.16. The highest BCUT2D eigenvalue weighted by molar-refractivity contribution is 5.93. The zero-order chi connectivity index (χ0) is 21.7. The standard InChI is InChI=1S/C26H37NO3/c1-5-30-24(29)20(15-27)16(2)21-8-9-22-19-7-6-17-14-18(28)10-12-25(17,3)23(19)11-13-26(21,22)4/h6,18-19,21-23,28H,5,7-14H2,1-4H3/b20-16+/t18-,19-,21+,22-,23-,25-,26+/m0/s1. The number of hydrogen-bond acceptors (Lipinski definition) is 4. The summed E-state index contributed by atoms with van der Waals surface area (Å²) < 4.78 is 5.16. The van der Waals surface area contributed by atoms with Crippen molar-refractivity contribution >= 4 is 5.97 Å². The van der Waals surface area contributed by atoms with Gasteiger partial charge in [-0.3, -0.25) is 0 Å². The first-order valence-corrected chi connectivity index (χ1v) is 11.9. The number of aliphatic hydroxyl groups is 1. The van der Waals surface area contributed by atoms with Gasteiger partial charge in [0.2, 0.25) is 0 Å². The lowest BCUT2D eigenvalue weighted by Gasteiger charge is -2.58. The van der Waals surface area contributed by atoms with Crippen LogP contribution in [0.3, 0.4) is 0 Å². The maximum atomic E-state index is 12.4. The Morgan fingerprint density at radius 1 is 1.23 bits per heavy atom. The summed E-state index contributed by atoms with van der Waals surface area (Å²) in [6.45, 7) is 8.94. The molecule has 30 heavy (non-hydrogen) atoms. The number of carbonyl (C=O) groups is 1. The van der Waals surface area contributed by atoms with Gasteiger partial charge in [-0.05, 0) is 105 Å². The first kappa shape index (κ1) is 21.6. The van der Waals surface area contributed by atoms with E-state index < -0.39 is 5.97 Å². The zero-order valence-corrected chi connectivity index (χ0v) is 19.0. The molecule has 0 bridgehead atoms. The molecule has 0 aromatic heterocycles. The summed E-state index contributed by atoms with van der Waals surface area (Å²) >= 11 is 0. The molecule has 0 aromatic carbocycles. The second kappa shape index (κ2) is 7.83. The van der Waals surface area contributed by atoms with Crippen molar-refractivity contribution in [1.29, 1.82) is 5.26 Å². The van der Waals surface area contributed by atoms with Crippen LogP contribution in [-0.4, -0.2) is 23.8 Å². The van der Waals surface area contributed by atoms with Gasteiger partial charge >= 0.3 is 5.97 Å². The third-order valence-electron chi connectivity index (χ3n) is 9.59. The Bertz CT molecular complexity index is 821. The number of carbonyl (C=O) groups excluding carboxylic acids is 1. The molecule has 0 amide bonds. The smallest absolute Gasteiger partial charge is 0.348 e. The van der Waals surface area contributed by atoms with Gasteiger partial charge in [-0.2, -0.15) is 5.26 Å². The van der Waals surface area contributed by atoms with E-state index in [0.717, 1.165) is 44.1 Å². The van der Waals surface area contributed by atoms with Gasteiger partial charge < -0.3 is 9.84 Å². The van der Waals surface area contributed by atoms with Crippen LogP contribution >= 0.6 is 0 Å². The summed E-state index contributed by atoms with van der Waals surface area (Å²) in [7, 11) is 0. The van der Waals surface area contributed by atoms with Crippen LogP contribution in [0.1, 0.15) is 79.1 Å². The normalized spacial score (nSPS) is 43.3.